The van der Waals surface area contributed by atoms with Crippen molar-refractivity contribution in [3.8, 4) is 11.5 Å². The van der Waals surface area contributed by atoms with Gasteiger partial charge in [0.05, 0.1) is 5.60 Å². The predicted molar refractivity (Wildman–Crippen MR) is 87.3 cm³/mol. The number of fused-ring (bicyclic) bond motifs is 4. The van der Waals surface area contributed by atoms with Gasteiger partial charge in [0.15, 0.2) is 0 Å². The summed E-state index contributed by atoms with van der Waals surface area (Å²) in [5, 5.41) is 0. The maximum atomic E-state index is 6.70. The summed E-state index contributed by atoms with van der Waals surface area (Å²) in [5.41, 5.74) is 3.91. The van der Waals surface area contributed by atoms with Crippen molar-refractivity contribution in [3.05, 3.63) is 70.8 Å². The summed E-state index contributed by atoms with van der Waals surface area (Å²) in [6, 6.07) is 16.4. The first kappa shape index (κ1) is 13.6. The highest BCUT2D eigenvalue weighted by Gasteiger charge is 2.53. The number of benzene rings is 2. The second-order valence-corrected chi connectivity index (χ2v) is 6.64. The molecule has 2 heteroatoms. The lowest BCUT2D eigenvalue weighted by molar-refractivity contribution is -0.0620. The van der Waals surface area contributed by atoms with E-state index in [9.17, 15) is 0 Å². The van der Waals surface area contributed by atoms with Crippen LogP contribution in [-0.2, 0) is 10.3 Å². The van der Waals surface area contributed by atoms with Crippen LogP contribution in [0.5, 0.6) is 11.5 Å². The van der Waals surface area contributed by atoms with Crippen LogP contribution in [0.2, 0.25) is 0 Å². The fourth-order valence-electron chi connectivity index (χ4n) is 3.72. The largest absolute Gasteiger partial charge is 0.457 e. The van der Waals surface area contributed by atoms with Crippen LogP contribution in [0.25, 0.3) is 0 Å². The molecule has 0 aliphatic carbocycles. The summed E-state index contributed by atoms with van der Waals surface area (Å²) < 4.78 is 12.8. The summed E-state index contributed by atoms with van der Waals surface area (Å²) >= 11 is 0. The molecule has 2 aromatic rings. The van der Waals surface area contributed by atoms with Crippen molar-refractivity contribution in [2.24, 2.45) is 0 Å². The molecule has 4 rings (SSSR count). The van der Waals surface area contributed by atoms with Gasteiger partial charge in [0, 0.05) is 11.1 Å². The van der Waals surface area contributed by atoms with E-state index in [1.54, 1.807) is 0 Å². The van der Waals surface area contributed by atoms with Crippen LogP contribution in [0.15, 0.2) is 59.7 Å². The maximum Gasteiger partial charge on any atom is 0.148 e. The molecule has 2 nitrogen and oxygen atoms in total. The zero-order valence-corrected chi connectivity index (χ0v) is 13.4. The molecule has 2 aromatic carbocycles. The van der Waals surface area contributed by atoms with E-state index in [0.29, 0.717) is 0 Å². The van der Waals surface area contributed by atoms with E-state index in [1.165, 1.54) is 11.1 Å². The van der Waals surface area contributed by atoms with Crippen molar-refractivity contribution in [1.82, 2.24) is 0 Å². The number of hydrogen-bond donors (Lipinski definition) is 0. The van der Waals surface area contributed by atoms with Crippen LogP contribution in [0.3, 0.4) is 0 Å². The molecule has 0 atom stereocenters. The normalized spacial score (nSPS) is 20.5. The molecule has 112 valence electrons. The Labute approximate surface area is 131 Å². The molecule has 2 heterocycles. The molecule has 1 spiro atoms. The van der Waals surface area contributed by atoms with Gasteiger partial charge in [0.25, 0.3) is 0 Å². The van der Waals surface area contributed by atoms with Crippen LogP contribution < -0.4 is 4.74 Å². The van der Waals surface area contributed by atoms with Gasteiger partial charge in [-0.25, -0.2) is 0 Å². The van der Waals surface area contributed by atoms with E-state index in [-0.39, 0.29) is 5.60 Å². The van der Waals surface area contributed by atoms with E-state index < -0.39 is 5.60 Å². The third kappa shape index (κ3) is 1.53. The standard InChI is InChI=1S/C20H20O2/c1-13-14(2)20(22-19(13,3)4)15-9-5-7-11-17(15)21-18-12-8-6-10-16(18)20/h5-12H,1-4H3. The quantitative estimate of drug-likeness (QED) is 0.623. The Balaban J connectivity index is 2.09. The minimum Gasteiger partial charge on any atom is -0.457 e. The van der Waals surface area contributed by atoms with Gasteiger partial charge in [0.2, 0.25) is 0 Å². The summed E-state index contributed by atoms with van der Waals surface area (Å²) in [7, 11) is 0. The Kier molecular flexibility index (Phi) is 2.62. The molecule has 0 fully saturated rings. The first-order valence-electron chi connectivity index (χ1n) is 7.72. The zero-order valence-electron chi connectivity index (χ0n) is 13.4. The highest BCUT2D eigenvalue weighted by molar-refractivity contribution is 5.62. The van der Waals surface area contributed by atoms with Gasteiger partial charge in [-0.3, -0.25) is 0 Å². The van der Waals surface area contributed by atoms with E-state index >= 15 is 0 Å². The zero-order chi connectivity index (χ0) is 15.5. The molecule has 22 heavy (non-hydrogen) atoms. The lowest BCUT2D eigenvalue weighted by atomic mass is 9.77. The highest BCUT2D eigenvalue weighted by atomic mass is 16.5. The van der Waals surface area contributed by atoms with Crippen LogP contribution in [0.4, 0.5) is 0 Å². The fourth-order valence-corrected chi connectivity index (χ4v) is 3.72. The Morgan fingerprint density at radius 1 is 0.727 bits per heavy atom. The second-order valence-electron chi connectivity index (χ2n) is 6.64. The van der Waals surface area contributed by atoms with Crippen LogP contribution in [0.1, 0.15) is 38.8 Å². The number of ether oxygens (including phenoxy) is 2. The predicted octanol–water partition coefficient (Wildman–Crippen LogP) is 5.18. The van der Waals surface area contributed by atoms with Crippen molar-refractivity contribution < 1.29 is 9.47 Å². The van der Waals surface area contributed by atoms with Gasteiger partial charge in [-0.2, -0.15) is 0 Å². The van der Waals surface area contributed by atoms with Crippen molar-refractivity contribution >= 4 is 0 Å². The molecule has 0 saturated carbocycles. The molecule has 0 unspecified atom stereocenters. The molecule has 0 bridgehead atoms. The number of hydrogen-bond acceptors (Lipinski definition) is 2. The van der Waals surface area contributed by atoms with Gasteiger partial charge >= 0.3 is 0 Å². The monoisotopic (exact) mass is 292 g/mol. The molecular weight excluding hydrogens is 272 g/mol. The Bertz CT molecular complexity index is 753. The minimum atomic E-state index is -0.543. The van der Waals surface area contributed by atoms with E-state index in [4.69, 9.17) is 9.47 Å². The van der Waals surface area contributed by atoms with Crippen molar-refractivity contribution in [1.29, 1.82) is 0 Å². The minimum absolute atomic E-state index is 0.290. The van der Waals surface area contributed by atoms with E-state index in [0.717, 1.165) is 22.6 Å². The smallest absolute Gasteiger partial charge is 0.148 e. The summed E-state index contributed by atoms with van der Waals surface area (Å²) in [4.78, 5) is 0. The average molecular weight is 292 g/mol. The Hall–Kier alpha value is -2.06. The Morgan fingerprint density at radius 2 is 1.23 bits per heavy atom. The average Bonchev–Trinajstić information content (AvgIpc) is 2.69. The summed E-state index contributed by atoms with van der Waals surface area (Å²) in [6.07, 6.45) is 0. The van der Waals surface area contributed by atoms with Gasteiger partial charge in [-0.15, -0.1) is 0 Å². The van der Waals surface area contributed by atoms with Crippen LogP contribution >= 0.6 is 0 Å². The summed E-state index contributed by atoms with van der Waals surface area (Å²) in [5.74, 6) is 1.76. The molecule has 2 aliphatic rings. The molecule has 2 aliphatic heterocycles. The van der Waals surface area contributed by atoms with Crippen molar-refractivity contribution in [2.75, 3.05) is 0 Å². The highest BCUT2D eigenvalue weighted by Crippen LogP contribution is 2.58. The second kappa shape index (κ2) is 4.23. The van der Waals surface area contributed by atoms with Crippen molar-refractivity contribution in [2.45, 2.75) is 38.9 Å². The van der Waals surface area contributed by atoms with Gasteiger partial charge in [-0.1, -0.05) is 36.4 Å². The van der Waals surface area contributed by atoms with Crippen molar-refractivity contribution in [3.63, 3.8) is 0 Å². The first-order valence-corrected chi connectivity index (χ1v) is 7.72. The molecular formula is C20H20O2. The molecule has 0 aromatic heterocycles. The topological polar surface area (TPSA) is 18.5 Å². The summed E-state index contributed by atoms with van der Waals surface area (Å²) in [6.45, 7) is 8.64. The van der Waals surface area contributed by atoms with Crippen LogP contribution in [0, 0.1) is 0 Å². The van der Waals surface area contributed by atoms with Gasteiger partial charge in [-0.05, 0) is 51.0 Å². The van der Waals surface area contributed by atoms with E-state index in [2.05, 4.69) is 52.0 Å². The van der Waals surface area contributed by atoms with Gasteiger partial charge < -0.3 is 9.47 Å². The van der Waals surface area contributed by atoms with Crippen LogP contribution in [-0.4, -0.2) is 5.60 Å². The first-order chi connectivity index (χ1) is 10.5. The molecule has 0 saturated heterocycles. The molecule has 0 N–H and O–H groups in total. The maximum absolute atomic E-state index is 6.70. The third-order valence-corrected chi connectivity index (χ3v) is 5.15. The lowest BCUT2D eigenvalue weighted by Crippen LogP contribution is -2.36. The van der Waals surface area contributed by atoms with E-state index in [1.807, 2.05) is 24.3 Å². The Morgan fingerprint density at radius 3 is 1.68 bits per heavy atom. The third-order valence-electron chi connectivity index (χ3n) is 5.15. The number of rotatable bonds is 0. The molecule has 0 amide bonds. The number of para-hydroxylation sites is 2. The fraction of sp³-hybridized carbons (Fsp3) is 0.300. The molecule has 0 radical (unpaired) electrons. The lowest BCUT2D eigenvalue weighted by Gasteiger charge is -2.39. The SMILES string of the molecule is CC1=C(C)C2(OC1(C)C)c1ccccc1Oc1ccccc12. The van der Waals surface area contributed by atoms with Gasteiger partial charge in [0.1, 0.15) is 17.1 Å².